The molecular formula is C9H13ClO. The predicted octanol–water partition coefficient (Wildman–Crippen LogP) is 2.23. The lowest BCUT2D eigenvalue weighted by Crippen LogP contribution is -2.56. The van der Waals surface area contributed by atoms with Gasteiger partial charge in [-0.05, 0) is 24.2 Å². The SMILES string of the molecule is CC1(C)[C@H]2C[C@@H](Cl)C(=O)[C@@H]1C2. The first-order chi connectivity index (χ1) is 5.03. The highest BCUT2D eigenvalue weighted by atomic mass is 35.5. The summed E-state index contributed by atoms with van der Waals surface area (Å²) in [5.74, 6) is 1.26. The van der Waals surface area contributed by atoms with E-state index in [1.807, 2.05) is 0 Å². The molecule has 0 unspecified atom stereocenters. The first-order valence-corrected chi connectivity index (χ1v) is 4.65. The number of alkyl halides is 1. The summed E-state index contributed by atoms with van der Waals surface area (Å²) in [7, 11) is 0. The molecule has 0 spiro atoms. The monoisotopic (exact) mass is 172 g/mol. The van der Waals surface area contributed by atoms with E-state index in [4.69, 9.17) is 11.6 Å². The van der Waals surface area contributed by atoms with Gasteiger partial charge in [-0.1, -0.05) is 13.8 Å². The second-order valence-corrected chi connectivity index (χ2v) is 4.94. The van der Waals surface area contributed by atoms with Crippen LogP contribution in [0, 0.1) is 17.3 Å². The highest BCUT2D eigenvalue weighted by Crippen LogP contribution is 2.58. The van der Waals surface area contributed by atoms with Crippen molar-refractivity contribution in [2.45, 2.75) is 32.1 Å². The van der Waals surface area contributed by atoms with Crippen molar-refractivity contribution < 1.29 is 4.79 Å². The first-order valence-electron chi connectivity index (χ1n) is 4.21. The fourth-order valence-electron chi connectivity index (χ4n) is 2.48. The van der Waals surface area contributed by atoms with E-state index >= 15 is 0 Å². The third-order valence-electron chi connectivity index (χ3n) is 3.61. The van der Waals surface area contributed by atoms with Gasteiger partial charge in [-0.3, -0.25) is 4.79 Å². The van der Waals surface area contributed by atoms with E-state index in [2.05, 4.69) is 13.8 Å². The van der Waals surface area contributed by atoms with Crippen molar-refractivity contribution in [1.29, 1.82) is 0 Å². The molecule has 62 valence electrons. The van der Waals surface area contributed by atoms with Crippen LogP contribution < -0.4 is 0 Å². The topological polar surface area (TPSA) is 17.1 Å². The molecule has 0 radical (unpaired) electrons. The number of ketones is 1. The zero-order valence-electron chi connectivity index (χ0n) is 6.93. The van der Waals surface area contributed by atoms with E-state index in [-0.39, 0.29) is 16.7 Å². The van der Waals surface area contributed by atoms with Crippen LogP contribution in [0.3, 0.4) is 0 Å². The molecule has 0 aliphatic heterocycles. The second-order valence-electron chi connectivity index (χ2n) is 4.41. The standard InChI is InChI=1S/C9H13ClO/c1-9(2)5-3-6(9)8(11)7(10)4-5/h5-7H,3-4H2,1-2H3/t5-,6+,7-/m1/s1. The minimum atomic E-state index is -0.174. The van der Waals surface area contributed by atoms with E-state index in [0.29, 0.717) is 11.7 Å². The van der Waals surface area contributed by atoms with E-state index < -0.39 is 0 Å². The lowest BCUT2D eigenvalue weighted by Gasteiger charge is -2.56. The number of fused-ring (bicyclic) bond motifs is 2. The molecule has 2 heteroatoms. The summed E-state index contributed by atoms with van der Waals surface area (Å²) >= 11 is 5.87. The fourth-order valence-corrected chi connectivity index (χ4v) is 2.85. The molecule has 3 saturated carbocycles. The smallest absolute Gasteiger partial charge is 0.154 e. The largest absolute Gasteiger partial charge is 0.298 e. The predicted molar refractivity (Wildman–Crippen MR) is 44.6 cm³/mol. The summed E-state index contributed by atoms with van der Waals surface area (Å²) < 4.78 is 0. The third kappa shape index (κ3) is 0.807. The fraction of sp³-hybridized carbons (Fsp3) is 0.889. The van der Waals surface area contributed by atoms with Crippen LogP contribution in [-0.4, -0.2) is 11.2 Å². The summed E-state index contributed by atoms with van der Waals surface area (Å²) in [5.41, 5.74) is 0.252. The van der Waals surface area contributed by atoms with Gasteiger partial charge in [0.15, 0.2) is 5.78 Å². The molecule has 0 aromatic rings. The zero-order valence-corrected chi connectivity index (χ0v) is 7.69. The molecule has 3 aliphatic carbocycles. The molecule has 3 aliphatic rings. The Morgan fingerprint density at radius 1 is 1.45 bits per heavy atom. The van der Waals surface area contributed by atoms with Gasteiger partial charge < -0.3 is 0 Å². The summed E-state index contributed by atoms with van der Waals surface area (Å²) in [6.07, 6.45) is 2.00. The van der Waals surface area contributed by atoms with Gasteiger partial charge in [0.1, 0.15) is 0 Å². The van der Waals surface area contributed by atoms with Crippen molar-refractivity contribution in [3.05, 3.63) is 0 Å². The van der Waals surface area contributed by atoms with Crippen molar-refractivity contribution in [3.8, 4) is 0 Å². The van der Waals surface area contributed by atoms with Gasteiger partial charge in [0.25, 0.3) is 0 Å². The second kappa shape index (κ2) is 2.01. The highest BCUT2D eigenvalue weighted by molar-refractivity contribution is 6.32. The molecule has 0 saturated heterocycles. The number of hydrogen-bond donors (Lipinski definition) is 0. The van der Waals surface area contributed by atoms with Gasteiger partial charge in [0.05, 0.1) is 5.38 Å². The zero-order chi connectivity index (χ0) is 8.22. The number of carbonyl (C=O) groups is 1. The van der Waals surface area contributed by atoms with Crippen molar-refractivity contribution in [2.75, 3.05) is 0 Å². The highest BCUT2D eigenvalue weighted by Gasteiger charge is 2.57. The maximum Gasteiger partial charge on any atom is 0.154 e. The molecule has 3 fully saturated rings. The molecule has 1 nitrogen and oxygen atoms in total. The van der Waals surface area contributed by atoms with E-state index in [1.54, 1.807) is 0 Å². The number of carbonyl (C=O) groups excluding carboxylic acids is 1. The van der Waals surface area contributed by atoms with E-state index in [1.165, 1.54) is 0 Å². The Bertz CT molecular complexity index is 210. The van der Waals surface area contributed by atoms with E-state index in [0.717, 1.165) is 12.8 Å². The summed E-state index contributed by atoms with van der Waals surface area (Å²) in [4.78, 5) is 11.4. The van der Waals surface area contributed by atoms with Gasteiger partial charge in [-0.2, -0.15) is 0 Å². The molecule has 11 heavy (non-hydrogen) atoms. The Kier molecular flexibility index (Phi) is 1.39. The quantitative estimate of drug-likeness (QED) is 0.513. The maximum absolute atomic E-state index is 11.4. The van der Waals surface area contributed by atoms with Crippen LogP contribution in [0.4, 0.5) is 0 Å². The summed E-state index contributed by atoms with van der Waals surface area (Å²) in [6, 6.07) is 0. The van der Waals surface area contributed by atoms with Crippen molar-refractivity contribution in [2.24, 2.45) is 17.3 Å². The average Bonchev–Trinajstić information content (AvgIpc) is 1.93. The number of halogens is 1. The molecule has 0 amide bonds. The molecule has 0 N–H and O–H groups in total. The van der Waals surface area contributed by atoms with Crippen LogP contribution in [-0.2, 0) is 4.79 Å². The number of Topliss-reactive ketones (excluding diaryl/α,β-unsaturated/α-hetero) is 1. The number of hydrogen-bond acceptors (Lipinski definition) is 1. The van der Waals surface area contributed by atoms with E-state index in [9.17, 15) is 4.79 Å². The molecular weight excluding hydrogens is 160 g/mol. The normalized spacial score (nSPS) is 46.8. The average molecular weight is 173 g/mol. The van der Waals surface area contributed by atoms with Gasteiger partial charge >= 0.3 is 0 Å². The lowest BCUT2D eigenvalue weighted by molar-refractivity contribution is -0.147. The summed E-state index contributed by atoms with van der Waals surface area (Å²) in [5, 5.41) is -0.174. The Morgan fingerprint density at radius 2 is 2.09 bits per heavy atom. The molecule has 3 atom stereocenters. The Morgan fingerprint density at radius 3 is 2.45 bits per heavy atom. The van der Waals surface area contributed by atoms with Crippen LogP contribution in [0.15, 0.2) is 0 Å². The van der Waals surface area contributed by atoms with Crippen LogP contribution in [0.1, 0.15) is 26.7 Å². The Labute approximate surface area is 72.1 Å². The van der Waals surface area contributed by atoms with Gasteiger partial charge in [-0.25, -0.2) is 0 Å². The van der Waals surface area contributed by atoms with Crippen LogP contribution >= 0.6 is 11.6 Å². The summed E-state index contributed by atoms with van der Waals surface area (Å²) in [6.45, 7) is 4.37. The van der Waals surface area contributed by atoms with Crippen molar-refractivity contribution in [1.82, 2.24) is 0 Å². The molecule has 3 rings (SSSR count). The van der Waals surface area contributed by atoms with Gasteiger partial charge in [-0.15, -0.1) is 11.6 Å². The van der Waals surface area contributed by atoms with Gasteiger partial charge in [0, 0.05) is 5.92 Å². The third-order valence-corrected chi connectivity index (χ3v) is 4.01. The Balaban J connectivity index is 2.23. The minimum absolute atomic E-state index is 0.174. The van der Waals surface area contributed by atoms with Crippen LogP contribution in [0.5, 0.6) is 0 Å². The molecule has 0 heterocycles. The van der Waals surface area contributed by atoms with Gasteiger partial charge in [0.2, 0.25) is 0 Å². The minimum Gasteiger partial charge on any atom is -0.298 e. The number of rotatable bonds is 0. The van der Waals surface area contributed by atoms with Crippen LogP contribution in [0.2, 0.25) is 0 Å². The molecule has 0 aromatic heterocycles. The van der Waals surface area contributed by atoms with Crippen molar-refractivity contribution in [3.63, 3.8) is 0 Å². The lowest BCUT2D eigenvalue weighted by atomic mass is 9.48. The maximum atomic E-state index is 11.4. The molecule has 0 aromatic carbocycles. The molecule has 2 bridgehead atoms. The first kappa shape index (κ1) is 7.60. The van der Waals surface area contributed by atoms with Crippen LogP contribution in [0.25, 0.3) is 0 Å². The Hall–Kier alpha value is -0.0400. The van der Waals surface area contributed by atoms with Crippen molar-refractivity contribution >= 4 is 17.4 Å².